The Morgan fingerprint density at radius 3 is 2.00 bits per heavy atom. The molecule has 1 amide bonds. The van der Waals surface area contributed by atoms with Crippen LogP contribution in [0.3, 0.4) is 0 Å². The fourth-order valence-electron chi connectivity index (χ4n) is 4.25. The van der Waals surface area contributed by atoms with Crippen molar-refractivity contribution in [3.63, 3.8) is 0 Å². The Labute approximate surface area is 189 Å². The second-order valence-electron chi connectivity index (χ2n) is 6.80. The third kappa shape index (κ3) is 2.47. The van der Waals surface area contributed by atoms with Crippen LogP contribution in [0.15, 0.2) is 55.9 Å². The molecular formula is C22H10Br3NO3. The lowest BCUT2D eigenvalue weighted by atomic mass is 9.86. The summed E-state index contributed by atoms with van der Waals surface area (Å²) in [5.41, 5.74) is 5.86. The summed E-state index contributed by atoms with van der Waals surface area (Å²) in [7, 11) is 0. The quantitative estimate of drug-likeness (QED) is 0.179. The van der Waals surface area contributed by atoms with E-state index in [4.69, 9.17) is 5.73 Å². The Balaban J connectivity index is 2.26. The highest BCUT2D eigenvalue weighted by atomic mass is 79.9. The van der Waals surface area contributed by atoms with E-state index >= 15 is 0 Å². The predicted molar refractivity (Wildman–Crippen MR) is 126 cm³/mol. The second kappa shape index (κ2) is 6.39. The fraction of sp³-hybridized carbons (Fsp3) is 0. The van der Waals surface area contributed by atoms with E-state index in [0.29, 0.717) is 15.2 Å². The van der Waals surface area contributed by atoms with Crippen LogP contribution >= 0.6 is 47.8 Å². The van der Waals surface area contributed by atoms with E-state index in [1.807, 2.05) is 24.3 Å². The van der Waals surface area contributed by atoms with E-state index in [2.05, 4.69) is 47.8 Å². The standard InChI is InChI=1S/C22H10Br3NO3/c23-13-7-15(25)18-10-4-5-11(22(28)29)17-12(21(26)27)6-14(24)19(20(10)17)9-3-1-2-8(13)16(9)18/h1-7H,(H2,26,27)(H,28,29). The summed E-state index contributed by atoms with van der Waals surface area (Å²) >= 11 is 10.9. The summed E-state index contributed by atoms with van der Waals surface area (Å²) < 4.78 is 2.52. The van der Waals surface area contributed by atoms with Crippen LogP contribution in [0.1, 0.15) is 20.7 Å². The molecule has 0 bridgehead atoms. The molecule has 0 aliphatic heterocycles. The third-order valence-corrected chi connectivity index (χ3v) is 7.24. The number of nitrogens with two attached hydrogens (primary N) is 1. The van der Waals surface area contributed by atoms with Crippen LogP contribution in [0.25, 0.3) is 43.1 Å². The molecule has 0 saturated carbocycles. The van der Waals surface area contributed by atoms with Crippen molar-refractivity contribution >= 4 is 103 Å². The molecule has 0 radical (unpaired) electrons. The zero-order chi connectivity index (χ0) is 20.6. The SMILES string of the molecule is NC(=O)c1cc(Br)c2c3cccc4c(Br)cc(Br)c(c5ccc(C(=O)O)c1c52)c43. The molecule has 0 aliphatic carbocycles. The van der Waals surface area contributed by atoms with Crippen LogP contribution < -0.4 is 5.73 Å². The Kier molecular flexibility index (Phi) is 4.14. The Morgan fingerprint density at radius 2 is 1.31 bits per heavy atom. The second-order valence-corrected chi connectivity index (χ2v) is 9.37. The smallest absolute Gasteiger partial charge is 0.336 e. The number of aromatic carboxylic acids is 1. The average molecular weight is 576 g/mol. The van der Waals surface area contributed by atoms with Gasteiger partial charge in [-0.15, -0.1) is 0 Å². The van der Waals surface area contributed by atoms with Crippen LogP contribution in [0.5, 0.6) is 0 Å². The normalized spacial score (nSPS) is 11.8. The van der Waals surface area contributed by atoms with Gasteiger partial charge in [-0.25, -0.2) is 4.79 Å². The van der Waals surface area contributed by atoms with Crippen LogP contribution in [0.4, 0.5) is 0 Å². The predicted octanol–water partition coefficient (Wildman–Crippen LogP) is 6.82. The maximum absolute atomic E-state index is 12.2. The molecular weight excluding hydrogens is 566 g/mol. The van der Waals surface area contributed by atoms with E-state index in [1.54, 1.807) is 18.2 Å². The minimum absolute atomic E-state index is 0.0511. The fourth-order valence-corrected chi connectivity index (χ4v) is 6.40. The van der Waals surface area contributed by atoms with Crippen LogP contribution in [0, 0.1) is 0 Å². The number of carbonyl (C=O) groups is 2. The van der Waals surface area contributed by atoms with E-state index in [9.17, 15) is 14.7 Å². The summed E-state index contributed by atoms with van der Waals surface area (Å²) in [6.07, 6.45) is 0. The van der Waals surface area contributed by atoms with Gasteiger partial charge in [0.25, 0.3) is 0 Å². The molecule has 29 heavy (non-hydrogen) atoms. The topological polar surface area (TPSA) is 80.4 Å². The van der Waals surface area contributed by atoms with Crippen LogP contribution in [-0.2, 0) is 0 Å². The van der Waals surface area contributed by atoms with E-state index in [1.165, 1.54) is 0 Å². The monoisotopic (exact) mass is 573 g/mol. The van der Waals surface area contributed by atoms with Gasteiger partial charge in [-0.05, 0) is 39.7 Å². The lowest BCUT2D eigenvalue weighted by Crippen LogP contribution is -2.13. The number of amides is 1. The minimum atomic E-state index is -1.11. The molecule has 5 rings (SSSR count). The molecule has 0 unspecified atom stereocenters. The summed E-state index contributed by atoms with van der Waals surface area (Å²) in [6, 6.07) is 13.0. The summed E-state index contributed by atoms with van der Waals surface area (Å²) in [5, 5.41) is 16.6. The molecule has 3 N–H and O–H groups in total. The number of carboxylic acid groups (broad SMARTS) is 1. The van der Waals surface area contributed by atoms with Gasteiger partial charge in [0.05, 0.1) is 5.56 Å². The molecule has 0 spiro atoms. The third-order valence-electron chi connectivity index (χ3n) is 5.33. The lowest BCUT2D eigenvalue weighted by Gasteiger charge is -2.19. The molecule has 0 fully saturated rings. The molecule has 0 heterocycles. The van der Waals surface area contributed by atoms with Crippen molar-refractivity contribution < 1.29 is 14.7 Å². The van der Waals surface area contributed by atoms with E-state index in [-0.39, 0.29) is 11.1 Å². The number of rotatable bonds is 2. The number of hydrogen-bond acceptors (Lipinski definition) is 2. The Hall–Kier alpha value is -2.22. The molecule has 5 aromatic carbocycles. The van der Waals surface area contributed by atoms with Crippen molar-refractivity contribution in [1.29, 1.82) is 0 Å². The number of benzene rings is 5. The zero-order valence-electron chi connectivity index (χ0n) is 14.5. The van der Waals surface area contributed by atoms with Gasteiger partial charge in [0.15, 0.2) is 0 Å². The molecule has 0 saturated heterocycles. The van der Waals surface area contributed by atoms with Gasteiger partial charge in [-0.3, -0.25) is 4.79 Å². The molecule has 4 nitrogen and oxygen atoms in total. The molecule has 142 valence electrons. The van der Waals surface area contributed by atoms with Crippen molar-refractivity contribution in [3.05, 3.63) is 67.0 Å². The Morgan fingerprint density at radius 1 is 0.690 bits per heavy atom. The maximum atomic E-state index is 12.2. The van der Waals surface area contributed by atoms with Crippen LogP contribution in [-0.4, -0.2) is 17.0 Å². The van der Waals surface area contributed by atoms with Crippen molar-refractivity contribution in [3.8, 4) is 0 Å². The molecule has 0 atom stereocenters. The first-order valence-electron chi connectivity index (χ1n) is 8.55. The van der Waals surface area contributed by atoms with Gasteiger partial charge in [0, 0.05) is 40.5 Å². The molecule has 0 aromatic heterocycles. The summed E-state index contributed by atoms with van der Waals surface area (Å²) in [4.78, 5) is 24.2. The van der Waals surface area contributed by atoms with E-state index < -0.39 is 11.9 Å². The van der Waals surface area contributed by atoms with Crippen molar-refractivity contribution in [2.75, 3.05) is 0 Å². The van der Waals surface area contributed by atoms with E-state index in [0.717, 1.165) is 41.3 Å². The largest absolute Gasteiger partial charge is 0.478 e. The van der Waals surface area contributed by atoms with Gasteiger partial charge in [0.2, 0.25) is 5.91 Å². The van der Waals surface area contributed by atoms with Crippen molar-refractivity contribution in [2.45, 2.75) is 0 Å². The number of carboxylic acids is 1. The van der Waals surface area contributed by atoms with Gasteiger partial charge >= 0.3 is 5.97 Å². The van der Waals surface area contributed by atoms with Crippen molar-refractivity contribution in [1.82, 2.24) is 0 Å². The molecule has 5 aromatic rings. The highest BCUT2D eigenvalue weighted by Gasteiger charge is 2.24. The lowest BCUT2D eigenvalue weighted by molar-refractivity contribution is 0.0699. The first-order valence-corrected chi connectivity index (χ1v) is 10.9. The highest BCUT2D eigenvalue weighted by Crippen LogP contribution is 2.48. The zero-order valence-corrected chi connectivity index (χ0v) is 19.3. The molecule has 7 heteroatoms. The summed E-state index contributed by atoms with van der Waals surface area (Å²) in [5.74, 6) is -1.78. The van der Waals surface area contributed by atoms with Gasteiger partial charge in [-0.1, -0.05) is 72.1 Å². The number of halogens is 3. The number of primary amides is 1. The van der Waals surface area contributed by atoms with Crippen LogP contribution in [0.2, 0.25) is 0 Å². The summed E-state index contributed by atoms with van der Waals surface area (Å²) in [6.45, 7) is 0. The number of carbonyl (C=O) groups excluding carboxylic acids is 1. The Bertz CT molecular complexity index is 1540. The number of fused-ring (bicyclic) bond motifs is 2. The van der Waals surface area contributed by atoms with Gasteiger partial charge in [0.1, 0.15) is 0 Å². The average Bonchev–Trinajstić information content (AvgIpc) is 2.67. The first kappa shape index (κ1) is 18.8. The van der Waals surface area contributed by atoms with Crippen molar-refractivity contribution in [2.24, 2.45) is 5.73 Å². The number of hydrogen-bond donors (Lipinski definition) is 2. The van der Waals surface area contributed by atoms with Gasteiger partial charge < -0.3 is 10.8 Å². The van der Waals surface area contributed by atoms with Gasteiger partial charge in [-0.2, -0.15) is 0 Å². The highest BCUT2D eigenvalue weighted by molar-refractivity contribution is 9.11. The first-order chi connectivity index (χ1) is 13.8. The molecule has 0 aliphatic rings. The maximum Gasteiger partial charge on any atom is 0.336 e. The minimum Gasteiger partial charge on any atom is -0.478 e.